The second kappa shape index (κ2) is 3.29. The Bertz CT molecular complexity index is 458. The van der Waals surface area contributed by atoms with E-state index in [0.29, 0.717) is 11.4 Å². The summed E-state index contributed by atoms with van der Waals surface area (Å²) in [6, 6.07) is 6.79. The molecule has 0 spiro atoms. The van der Waals surface area contributed by atoms with Crippen LogP contribution in [0.15, 0.2) is 30.6 Å². The third-order valence-corrected chi connectivity index (χ3v) is 1.74. The zero-order valence-electron chi connectivity index (χ0n) is 7.25. The van der Waals surface area contributed by atoms with Gasteiger partial charge >= 0.3 is 0 Å². The lowest BCUT2D eigenvalue weighted by Gasteiger charge is -2.01. The number of hydrogen-bond acceptors (Lipinski definition) is 5. The Balaban J connectivity index is 2.55. The fraction of sp³-hybridized carbons (Fsp3) is 0. The molecule has 0 radical (unpaired) electrons. The van der Waals surface area contributed by atoms with Crippen molar-refractivity contribution in [3.8, 4) is 17.1 Å². The number of para-hydroxylation sites is 1. The molecular weight excluding hydrogens is 180 g/mol. The van der Waals surface area contributed by atoms with E-state index in [1.807, 2.05) is 0 Å². The van der Waals surface area contributed by atoms with E-state index in [1.54, 1.807) is 24.3 Å². The molecule has 0 atom stereocenters. The maximum absolute atomic E-state index is 9.51. The number of nitrogens with zero attached hydrogens (tertiary/aromatic N) is 3. The molecule has 14 heavy (non-hydrogen) atoms. The minimum atomic E-state index is 0.123. The molecule has 1 aromatic heterocycles. The van der Waals surface area contributed by atoms with Gasteiger partial charge in [-0.15, -0.1) is 0 Å². The Morgan fingerprint density at radius 3 is 2.64 bits per heavy atom. The first-order chi connectivity index (χ1) is 6.77. The van der Waals surface area contributed by atoms with E-state index < -0.39 is 0 Å². The van der Waals surface area contributed by atoms with Crippen LogP contribution in [0.5, 0.6) is 5.75 Å². The van der Waals surface area contributed by atoms with Crippen LogP contribution in [0.3, 0.4) is 0 Å². The number of hydrogen-bond donors (Lipinski definition) is 2. The summed E-state index contributed by atoms with van der Waals surface area (Å²) < 4.78 is 0. The molecule has 1 aromatic carbocycles. The van der Waals surface area contributed by atoms with Crippen molar-refractivity contribution in [3.63, 3.8) is 0 Å². The number of aromatic nitrogens is 3. The first-order valence-corrected chi connectivity index (χ1v) is 4.00. The van der Waals surface area contributed by atoms with Crippen molar-refractivity contribution in [3.05, 3.63) is 30.6 Å². The number of aromatic hydroxyl groups is 1. The Hall–Kier alpha value is -2.17. The summed E-state index contributed by atoms with van der Waals surface area (Å²) in [7, 11) is 0. The molecule has 0 saturated heterocycles. The summed E-state index contributed by atoms with van der Waals surface area (Å²) in [5.41, 5.74) is 5.95. The zero-order valence-corrected chi connectivity index (χ0v) is 7.25. The molecular formula is C9H8N4O. The molecule has 0 aliphatic rings. The molecule has 5 heteroatoms. The SMILES string of the molecule is Nc1ncnc(-c2ccccc2O)n1. The van der Waals surface area contributed by atoms with Crippen LogP contribution in [0, 0.1) is 0 Å². The minimum absolute atomic E-state index is 0.123. The molecule has 0 aliphatic carbocycles. The lowest BCUT2D eigenvalue weighted by molar-refractivity contribution is 0.477. The quantitative estimate of drug-likeness (QED) is 0.692. The largest absolute Gasteiger partial charge is 0.507 e. The number of phenols is 1. The number of rotatable bonds is 1. The summed E-state index contributed by atoms with van der Waals surface area (Å²) in [6.45, 7) is 0. The molecule has 70 valence electrons. The average Bonchev–Trinajstić information content (AvgIpc) is 2.18. The second-order valence-corrected chi connectivity index (χ2v) is 2.68. The Kier molecular flexibility index (Phi) is 1.98. The maximum atomic E-state index is 9.51. The summed E-state index contributed by atoms with van der Waals surface area (Å²) >= 11 is 0. The molecule has 3 N–H and O–H groups in total. The van der Waals surface area contributed by atoms with Crippen LogP contribution in [0.25, 0.3) is 11.4 Å². The van der Waals surface area contributed by atoms with Crippen molar-refractivity contribution in [2.24, 2.45) is 0 Å². The van der Waals surface area contributed by atoms with Crippen molar-refractivity contribution < 1.29 is 5.11 Å². The van der Waals surface area contributed by atoms with Gasteiger partial charge in [-0.1, -0.05) is 12.1 Å². The van der Waals surface area contributed by atoms with Gasteiger partial charge in [0.2, 0.25) is 5.95 Å². The van der Waals surface area contributed by atoms with Gasteiger partial charge in [0.25, 0.3) is 0 Å². The van der Waals surface area contributed by atoms with Gasteiger partial charge in [0, 0.05) is 0 Å². The van der Waals surface area contributed by atoms with Gasteiger partial charge in [0.05, 0.1) is 5.56 Å². The van der Waals surface area contributed by atoms with Crippen LogP contribution in [0.1, 0.15) is 0 Å². The normalized spacial score (nSPS) is 10.0. The highest BCUT2D eigenvalue weighted by molar-refractivity contribution is 5.63. The fourth-order valence-electron chi connectivity index (χ4n) is 1.10. The van der Waals surface area contributed by atoms with E-state index >= 15 is 0 Å². The van der Waals surface area contributed by atoms with E-state index in [1.165, 1.54) is 6.33 Å². The molecule has 0 saturated carbocycles. The van der Waals surface area contributed by atoms with Crippen LogP contribution < -0.4 is 5.73 Å². The molecule has 2 aromatic rings. The highest BCUT2D eigenvalue weighted by Crippen LogP contribution is 2.24. The zero-order chi connectivity index (χ0) is 9.97. The van der Waals surface area contributed by atoms with Crippen molar-refractivity contribution in [1.82, 2.24) is 15.0 Å². The average molecular weight is 188 g/mol. The fourth-order valence-corrected chi connectivity index (χ4v) is 1.10. The van der Waals surface area contributed by atoms with Gasteiger partial charge in [-0.2, -0.15) is 4.98 Å². The first-order valence-electron chi connectivity index (χ1n) is 4.00. The molecule has 0 fully saturated rings. The number of benzene rings is 1. The van der Waals surface area contributed by atoms with E-state index in [9.17, 15) is 5.11 Å². The predicted octanol–water partition coefficient (Wildman–Crippen LogP) is 0.826. The first kappa shape index (κ1) is 8.43. The number of anilines is 1. The lowest BCUT2D eigenvalue weighted by atomic mass is 10.2. The standard InChI is InChI=1S/C9H8N4O/c10-9-12-5-11-8(13-9)6-3-1-2-4-7(6)14/h1-5,14H,(H2,10,11,12,13). The molecule has 0 amide bonds. The molecule has 1 heterocycles. The van der Waals surface area contributed by atoms with Crippen LogP contribution in [0.2, 0.25) is 0 Å². The molecule has 2 rings (SSSR count). The smallest absolute Gasteiger partial charge is 0.223 e. The summed E-state index contributed by atoms with van der Waals surface area (Å²) in [5.74, 6) is 0.631. The van der Waals surface area contributed by atoms with Crippen LogP contribution in [-0.2, 0) is 0 Å². The van der Waals surface area contributed by atoms with Crippen molar-refractivity contribution >= 4 is 5.95 Å². The minimum Gasteiger partial charge on any atom is -0.507 e. The van der Waals surface area contributed by atoms with Gasteiger partial charge < -0.3 is 10.8 Å². The van der Waals surface area contributed by atoms with E-state index in [2.05, 4.69) is 15.0 Å². The van der Waals surface area contributed by atoms with Crippen molar-refractivity contribution in [1.29, 1.82) is 0 Å². The number of phenolic OH excluding ortho intramolecular Hbond substituents is 1. The number of nitrogens with two attached hydrogens (primary N) is 1. The highest BCUT2D eigenvalue weighted by Gasteiger charge is 2.05. The van der Waals surface area contributed by atoms with Crippen molar-refractivity contribution in [2.45, 2.75) is 0 Å². The second-order valence-electron chi connectivity index (χ2n) is 2.68. The number of nitrogen functional groups attached to an aromatic ring is 1. The third kappa shape index (κ3) is 1.47. The Morgan fingerprint density at radius 1 is 1.14 bits per heavy atom. The van der Waals surface area contributed by atoms with Crippen LogP contribution in [-0.4, -0.2) is 20.1 Å². The van der Waals surface area contributed by atoms with Gasteiger partial charge in [-0.05, 0) is 12.1 Å². The topological polar surface area (TPSA) is 84.9 Å². The summed E-state index contributed by atoms with van der Waals surface area (Å²) in [4.78, 5) is 11.5. The monoisotopic (exact) mass is 188 g/mol. The van der Waals surface area contributed by atoms with Gasteiger partial charge in [-0.3, -0.25) is 0 Å². The van der Waals surface area contributed by atoms with Crippen molar-refractivity contribution in [2.75, 3.05) is 5.73 Å². The predicted molar refractivity (Wildman–Crippen MR) is 51.3 cm³/mol. The summed E-state index contributed by atoms with van der Waals surface area (Å²) in [6.07, 6.45) is 1.31. The van der Waals surface area contributed by atoms with E-state index in [-0.39, 0.29) is 11.7 Å². The lowest BCUT2D eigenvalue weighted by Crippen LogP contribution is -1.98. The Morgan fingerprint density at radius 2 is 1.93 bits per heavy atom. The van der Waals surface area contributed by atoms with Gasteiger partial charge in [0.1, 0.15) is 12.1 Å². The van der Waals surface area contributed by atoms with Gasteiger partial charge in [-0.25, -0.2) is 9.97 Å². The third-order valence-electron chi connectivity index (χ3n) is 1.74. The van der Waals surface area contributed by atoms with Crippen LogP contribution >= 0.6 is 0 Å². The molecule has 0 bridgehead atoms. The molecule has 5 nitrogen and oxygen atoms in total. The van der Waals surface area contributed by atoms with E-state index in [0.717, 1.165) is 0 Å². The summed E-state index contributed by atoms with van der Waals surface area (Å²) in [5, 5.41) is 9.51. The Labute approximate surface area is 80.3 Å². The molecule has 0 unspecified atom stereocenters. The van der Waals surface area contributed by atoms with E-state index in [4.69, 9.17) is 5.73 Å². The van der Waals surface area contributed by atoms with Crippen LogP contribution in [0.4, 0.5) is 5.95 Å². The maximum Gasteiger partial charge on any atom is 0.223 e. The van der Waals surface area contributed by atoms with Gasteiger partial charge in [0.15, 0.2) is 5.82 Å². The molecule has 0 aliphatic heterocycles. The highest BCUT2D eigenvalue weighted by atomic mass is 16.3.